The molecular weight excluding hydrogens is 288 g/mol. The number of allylic oxidation sites excluding steroid dienone is 4. The van der Waals surface area contributed by atoms with Crippen LogP contribution in [0.3, 0.4) is 0 Å². The molecule has 1 aromatic rings. The molecule has 0 spiro atoms. The molecule has 6 nitrogen and oxygen atoms in total. The van der Waals surface area contributed by atoms with Gasteiger partial charge < -0.3 is 22.3 Å². The van der Waals surface area contributed by atoms with E-state index < -0.39 is 0 Å². The first-order valence-corrected chi connectivity index (χ1v) is 7.49. The van der Waals surface area contributed by atoms with Gasteiger partial charge >= 0.3 is 0 Å². The second-order valence-corrected chi connectivity index (χ2v) is 5.30. The third-order valence-corrected chi connectivity index (χ3v) is 3.47. The first kappa shape index (κ1) is 16.6. The zero-order chi connectivity index (χ0) is 16.8. The lowest BCUT2D eigenvalue weighted by Gasteiger charge is -2.13. The predicted octanol–water partition coefficient (Wildman–Crippen LogP) is 1.86. The molecule has 0 bridgehead atoms. The van der Waals surface area contributed by atoms with Crippen LogP contribution in [-0.2, 0) is 0 Å². The summed E-state index contributed by atoms with van der Waals surface area (Å²) in [7, 11) is 1.72. The number of nitrogens with zero attached hydrogens (tertiary/aromatic N) is 1. The summed E-state index contributed by atoms with van der Waals surface area (Å²) < 4.78 is 0. The average molecular weight is 312 g/mol. The van der Waals surface area contributed by atoms with Gasteiger partial charge in [0.1, 0.15) is 0 Å². The Labute approximate surface area is 137 Å². The van der Waals surface area contributed by atoms with E-state index in [4.69, 9.17) is 11.5 Å². The first-order chi connectivity index (χ1) is 11.1. The Morgan fingerprint density at radius 2 is 2.09 bits per heavy atom. The smallest absolute Gasteiger partial charge is 0.150 e. The molecule has 0 radical (unpaired) electrons. The lowest BCUT2D eigenvalue weighted by Crippen LogP contribution is -2.20. The van der Waals surface area contributed by atoms with Gasteiger partial charge in [-0.2, -0.15) is 5.10 Å². The summed E-state index contributed by atoms with van der Waals surface area (Å²) >= 11 is 0. The highest BCUT2D eigenvalue weighted by Crippen LogP contribution is 2.34. The van der Waals surface area contributed by atoms with Gasteiger partial charge in [0, 0.05) is 23.9 Å². The molecule has 122 valence electrons. The van der Waals surface area contributed by atoms with Crippen molar-refractivity contribution in [1.29, 1.82) is 0 Å². The number of fused-ring (bicyclic) bond motifs is 1. The maximum absolute atomic E-state index is 5.97. The number of rotatable bonds is 5. The molecule has 1 aliphatic heterocycles. The van der Waals surface area contributed by atoms with Crippen molar-refractivity contribution < 1.29 is 0 Å². The van der Waals surface area contributed by atoms with Crippen molar-refractivity contribution >= 4 is 11.5 Å². The van der Waals surface area contributed by atoms with Crippen LogP contribution < -0.4 is 27.7 Å². The first-order valence-electron chi connectivity index (χ1n) is 7.49. The molecule has 1 atom stereocenters. The lowest BCUT2D eigenvalue weighted by atomic mass is 9.96. The fraction of sp³-hybridized carbons (Fsp3) is 0.235. The second-order valence-electron chi connectivity index (χ2n) is 5.30. The van der Waals surface area contributed by atoms with E-state index in [0.717, 1.165) is 28.1 Å². The highest BCUT2D eigenvalue weighted by atomic mass is 15.4. The number of hydrogen-bond acceptors (Lipinski definition) is 5. The Morgan fingerprint density at radius 1 is 1.30 bits per heavy atom. The van der Waals surface area contributed by atoms with E-state index in [2.05, 4.69) is 27.5 Å². The standard InChI is InChI=1S/C17H24N6/c1-4-5-12(7-6-11(2)18)16-14-10-13(17(19)23-20-3)8-9-15(14)21-22-16/h4-10,16,20-22H,18H2,1-3H3,(H2,19,23)/b5-4-,11-6+,12-7+. The topological polar surface area (TPSA) is 100 Å². The van der Waals surface area contributed by atoms with Crippen LogP contribution in [0.25, 0.3) is 0 Å². The monoisotopic (exact) mass is 312 g/mol. The molecule has 6 heteroatoms. The summed E-state index contributed by atoms with van der Waals surface area (Å²) in [5.41, 5.74) is 25.8. The molecule has 1 heterocycles. The third kappa shape index (κ3) is 3.92. The minimum atomic E-state index is 0.0131. The van der Waals surface area contributed by atoms with Gasteiger partial charge in [0.2, 0.25) is 0 Å². The maximum Gasteiger partial charge on any atom is 0.150 e. The van der Waals surface area contributed by atoms with E-state index in [1.165, 1.54) is 0 Å². The van der Waals surface area contributed by atoms with Gasteiger partial charge in [-0.25, -0.2) is 5.43 Å². The van der Waals surface area contributed by atoms with Gasteiger partial charge in [-0.3, -0.25) is 0 Å². The minimum Gasteiger partial charge on any atom is -0.402 e. The van der Waals surface area contributed by atoms with Crippen LogP contribution >= 0.6 is 0 Å². The normalized spacial score (nSPS) is 18.9. The Balaban J connectivity index is 2.42. The summed E-state index contributed by atoms with van der Waals surface area (Å²) in [6.07, 6.45) is 7.98. The lowest BCUT2D eigenvalue weighted by molar-refractivity contribution is 0.727. The molecule has 0 amide bonds. The quantitative estimate of drug-likeness (QED) is 0.247. The zero-order valence-electron chi connectivity index (χ0n) is 13.7. The largest absolute Gasteiger partial charge is 0.402 e. The zero-order valence-corrected chi connectivity index (χ0v) is 13.7. The van der Waals surface area contributed by atoms with E-state index >= 15 is 0 Å². The van der Waals surface area contributed by atoms with Gasteiger partial charge in [0.25, 0.3) is 0 Å². The van der Waals surface area contributed by atoms with Gasteiger partial charge in [-0.1, -0.05) is 18.2 Å². The fourth-order valence-electron chi connectivity index (χ4n) is 2.42. The Bertz CT molecular complexity index is 680. The van der Waals surface area contributed by atoms with Crippen LogP contribution in [0.5, 0.6) is 0 Å². The van der Waals surface area contributed by atoms with E-state index in [1.807, 2.05) is 50.3 Å². The van der Waals surface area contributed by atoms with Crippen LogP contribution in [-0.4, -0.2) is 12.9 Å². The third-order valence-electron chi connectivity index (χ3n) is 3.47. The second kappa shape index (κ2) is 7.51. The molecule has 0 aliphatic carbocycles. The SMILES string of the molecule is C\C=C/C(=C\C=C(/C)N)C1NNc2ccc(/C(N)=N/NC)cc21. The Kier molecular flexibility index (Phi) is 5.43. The van der Waals surface area contributed by atoms with Crippen molar-refractivity contribution in [1.82, 2.24) is 10.9 Å². The van der Waals surface area contributed by atoms with Gasteiger partial charge in [-0.05, 0) is 43.7 Å². The van der Waals surface area contributed by atoms with Gasteiger partial charge in [0.05, 0.1) is 11.7 Å². The maximum atomic E-state index is 5.97. The number of hydrazine groups is 1. The van der Waals surface area contributed by atoms with Crippen LogP contribution in [0, 0.1) is 0 Å². The molecule has 23 heavy (non-hydrogen) atoms. The Morgan fingerprint density at radius 3 is 2.74 bits per heavy atom. The number of amidine groups is 1. The molecule has 1 aromatic carbocycles. The van der Waals surface area contributed by atoms with Crippen LogP contribution in [0.4, 0.5) is 5.69 Å². The van der Waals surface area contributed by atoms with Crippen molar-refractivity contribution in [3.05, 3.63) is 64.9 Å². The molecule has 1 aliphatic rings. The summed E-state index contributed by atoms with van der Waals surface area (Å²) in [5.74, 6) is 0.454. The van der Waals surface area contributed by atoms with Crippen molar-refractivity contribution in [3.63, 3.8) is 0 Å². The number of nitrogens with two attached hydrogens (primary N) is 2. The summed E-state index contributed by atoms with van der Waals surface area (Å²) in [6, 6.07) is 5.99. The number of hydrazone groups is 1. The summed E-state index contributed by atoms with van der Waals surface area (Å²) in [5, 5.41) is 4.04. The number of nitrogens with one attached hydrogen (secondary N) is 3. The Hall–Kier alpha value is -2.73. The molecule has 7 N–H and O–H groups in total. The van der Waals surface area contributed by atoms with E-state index in [1.54, 1.807) is 7.05 Å². The van der Waals surface area contributed by atoms with E-state index in [0.29, 0.717) is 5.84 Å². The number of hydrogen-bond donors (Lipinski definition) is 5. The molecule has 2 rings (SSSR count). The van der Waals surface area contributed by atoms with Crippen LogP contribution in [0.2, 0.25) is 0 Å². The molecular formula is C17H24N6. The highest BCUT2D eigenvalue weighted by molar-refractivity contribution is 5.98. The van der Waals surface area contributed by atoms with Crippen molar-refractivity contribution in [3.8, 4) is 0 Å². The number of anilines is 1. The van der Waals surface area contributed by atoms with Crippen molar-refractivity contribution in [2.45, 2.75) is 19.9 Å². The molecule has 1 unspecified atom stereocenters. The summed E-state index contributed by atoms with van der Waals surface area (Å²) in [6.45, 7) is 3.86. The molecule has 0 fully saturated rings. The van der Waals surface area contributed by atoms with Crippen LogP contribution in [0.15, 0.2) is 58.9 Å². The number of benzene rings is 1. The fourth-order valence-corrected chi connectivity index (χ4v) is 2.42. The molecule has 0 saturated carbocycles. The predicted molar refractivity (Wildman–Crippen MR) is 96.6 cm³/mol. The van der Waals surface area contributed by atoms with E-state index in [9.17, 15) is 0 Å². The molecule has 0 aromatic heterocycles. The van der Waals surface area contributed by atoms with Crippen molar-refractivity contribution in [2.75, 3.05) is 12.5 Å². The molecule has 0 saturated heterocycles. The average Bonchev–Trinajstić information content (AvgIpc) is 2.94. The highest BCUT2D eigenvalue weighted by Gasteiger charge is 2.24. The van der Waals surface area contributed by atoms with Crippen molar-refractivity contribution in [2.24, 2.45) is 16.6 Å². The van der Waals surface area contributed by atoms with Crippen LogP contribution in [0.1, 0.15) is 31.0 Å². The minimum absolute atomic E-state index is 0.0131. The van der Waals surface area contributed by atoms with Gasteiger partial charge in [-0.15, -0.1) is 0 Å². The van der Waals surface area contributed by atoms with E-state index in [-0.39, 0.29) is 6.04 Å². The summed E-state index contributed by atoms with van der Waals surface area (Å²) in [4.78, 5) is 0. The van der Waals surface area contributed by atoms with Gasteiger partial charge in [0.15, 0.2) is 5.84 Å².